The second-order valence-electron chi connectivity index (χ2n) is 5.21. The molecule has 0 aromatic carbocycles. The molecule has 1 heterocycles. The molecule has 0 fully saturated rings. The Labute approximate surface area is 113 Å². The average Bonchev–Trinajstić information content (AvgIpc) is 2.51. The zero-order chi connectivity index (χ0) is 14.7. The summed E-state index contributed by atoms with van der Waals surface area (Å²) in [6.45, 7) is 9.11. The first-order chi connectivity index (χ1) is 8.73. The molecule has 0 bridgehead atoms. The van der Waals surface area contributed by atoms with E-state index in [2.05, 4.69) is 5.32 Å². The van der Waals surface area contributed by atoms with Crippen LogP contribution in [0.3, 0.4) is 0 Å². The van der Waals surface area contributed by atoms with Gasteiger partial charge in [-0.05, 0) is 33.1 Å². The van der Waals surface area contributed by atoms with Crippen LogP contribution in [0, 0.1) is 26.7 Å². The Morgan fingerprint density at radius 3 is 2.16 bits per heavy atom. The van der Waals surface area contributed by atoms with Crippen LogP contribution in [0.25, 0.3) is 0 Å². The van der Waals surface area contributed by atoms with Crippen LogP contribution in [0.5, 0.6) is 0 Å². The number of hydrogen-bond donors (Lipinski definition) is 2. The summed E-state index contributed by atoms with van der Waals surface area (Å²) in [5.74, 6) is -0.0216. The van der Waals surface area contributed by atoms with Gasteiger partial charge in [-0.3, -0.25) is 4.79 Å². The molecule has 0 aliphatic carbocycles. The monoisotopic (exact) mass is 267 g/mol. The highest BCUT2D eigenvalue weighted by molar-refractivity contribution is 5.98. The van der Waals surface area contributed by atoms with Gasteiger partial charge in [-0.15, -0.1) is 0 Å². The van der Waals surface area contributed by atoms with Gasteiger partial charge in [0.15, 0.2) is 0 Å². The molecule has 0 saturated carbocycles. The molecule has 5 heteroatoms. The summed E-state index contributed by atoms with van der Waals surface area (Å²) < 4.78 is 5.38. The molecule has 0 radical (unpaired) electrons. The molecule has 2 N–H and O–H groups in total. The number of carbonyl (C=O) groups is 2. The van der Waals surface area contributed by atoms with Crippen molar-refractivity contribution in [1.82, 2.24) is 5.32 Å². The number of furan rings is 1. The molecule has 1 aromatic heterocycles. The fourth-order valence-corrected chi connectivity index (χ4v) is 2.05. The second-order valence-corrected chi connectivity index (χ2v) is 5.21. The summed E-state index contributed by atoms with van der Waals surface area (Å²) >= 11 is 0. The van der Waals surface area contributed by atoms with Crippen molar-refractivity contribution < 1.29 is 19.1 Å². The predicted octanol–water partition coefficient (Wildman–Crippen LogP) is 2.43. The summed E-state index contributed by atoms with van der Waals surface area (Å²) in [4.78, 5) is 23.3. The van der Waals surface area contributed by atoms with E-state index in [0.29, 0.717) is 23.5 Å². The van der Waals surface area contributed by atoms with Crippen LogP contribution in [-0.2, 0) is 4.79 Å². The third kappa shape index (κ3) is 3.59. The van der Waals surface area contributed by atoms with Gasteiger partial charge in [-0.2, -0.15) is 0 Å². The van der Waals surface area contributed by atoms with E-state index >= 15 is 0 Å². The highest BCUT2D eigenvalue weighted by atomic mass is 16.4. The maximum absolute atomic E-state index is 12.2. The first-order valence-corrected chi connectivity index (χ1v) is 6.34. The number of aryl methyl sites for hydroxylation is 2. The Balaban J connectivity index is 2.91. The normalized spacial score (nSPS) is 12.5. The molecule has 1 rings (SSSR count). The zero-order valence-electron chi connectivity index (χ0n) is 12.0. The number of carbonyl (C=O) groups excluding carboxylic acids is 1. The number of amides is 1. The minimum absolute atomic E-state index is 0.190. The Morgan fingerprint density at radius 1 is 1.21 bits per heavy atom. The van der Waals surface area contributed by atoms with Gasteiger partial charge in [0, 0.05) is 5.56 Å². The minimum atomic E-state index is -1.02. The molecule has 0 unspecified atom stereocenters. The predicted molar refractivity (Wildman–Crippen MR) is 71.3 cm³/mol. The van der Waals surface area contributed by atoms with Gasteiger partial charge >= 0.3 is 5.97 Å². The first-order valence-electron chi connectivity index (χ1n) is 6.34. The fourth-order valence-electron chi connectivity index (χ4n) is 2.05. The van der Waals surface area contributed by atoms with Crippen molar-refractivity contribution in [2.45, 2.75) is 47.1 Å². The number of carboxylic acid groups (broad SMARTS) is 1. The average molecular weight is 267 g/mol. The minimum Gasteiger partial charge on any atom is -0.480 e. The lowest BCUT2D eigenvalue weighted by Gasteiger charge is -2.16. The van der Waals surface area contributed by atoms with Gasteiger partial charge in [0.2, 0.25) is 0 Å². The Kier molecular flexibility index (Phi) is 4.75. The van der Waals surface area contributed by atoms with Gasteiger partial charge in [-0.25, -0.2) is 4.79 Å². The van der Waals surface area contributed by atoms with E-state index in [0.717, 1.165) is 5.56 Å². The van der Waals surface area contributed by atoms with Crippen LogP contribution < -0.4 is 5.32 Å². The molecular weight excluding hydrogens is 246 g/mol. The largest absolute Gasteiger partial charge is 0.480 e. The van der Waals surface area contributed by atoms with E-state index in [1.165, 1.54) is 0 Å². The Bertz CT molecular complexity index is 488. The fraction of sp³-hybridized carbons (Fsp3) is 0.571. The van der Waals surface area contributed by atoms with Crippen LogP contribution in [0.15, 0.2) is 4.42 Å². The number of nitrogens with one attached hydrogen (secondary N) is 1. The topological polar surface area (TPSA) is 79.5 Å². The lowest BCUT2D eigenvalue weighted by molar-refractivity contribution is -0.139. The molecule has 0 aliphatic heterocycles. The highest BCUT2D eigenvalue weighted by Gasteiger charge is 2.25. The van der Waals surface area contributed by atoms with Crippen LogP contribution in [-0.4, -0.2) is 23.0 Å². The molecule has 1 atom stereocenters. The van der Waals surface area contributed by atoms with Gasteiger partial charge in [0.05, 0.1) is 5.56 Å². The van der Waals surface area contributed by atoms with Crippen molar-refractivity contribution in [2.75, 3.05) is 0 Å². The van der Waals surface area contributed by atoms with Gasteiger partial charge in [0.25, 0.3) is 5.91 Å². The third-order valence-electron chi connectivity index (χ3n) is 3.10. The highest BCUT2D eigenvalue weighted by Crippen LogP contribution is 2.20. The summed E-state index contributed by atoms with van der Waals surface area (Å²) in [6, 6.07) is -0.874. The van der Waals surface area contributed by atoms with E-state index in [9.17, 15) is 9.59 Å². The number of hydrogen-bond acceptors (Lipinski definition) is 3. The van der Waals surface area contributed by atoms with Crippen molar-refractivity contribution >= 4 is 11.9 Å². The van der Waals surface area contributed by atoms with Gasteiger partial charge in [0.1, 0.15) is 17.6 Å². The van der Waals surface area contributed by atoms with E-state index in [-0.39, 0.29) is 11.8 Å². The van der Waals surface area contributed by atoms with E-state index in [4.69, 9.17) is 9.52 Å². The van der Waals surface area contributed by atoms with Crippen LogP contribution in [0.1, 0.15) is 47.7 Å². The number of aliphatic carboxylic acids is 1. The maximum atomic E-state index is 12.2. The summed E-state index contributed by atoms with van der Waals surface area (Å²) in [6.07, 6.45) is 0.399. The summed E-state index contributed by atoms with van der Waals surface area (Å²) in [5, 5.41) is 11.7. The zero-order valence-corrected chi connectivity index (χ0v) is 12.0. The van der Waals surface area contributed by atoms with Crippen molar-refractivity contribution in [1.29, 1.82) is 0 Å². The molecule has 0 saturated heterocycles. The second kappa shape index (κ2) is 5.91. The smallest absolute Gasteiger partial charge is 0.326 e. The first kappa shape index (κ1) is 15.3. The maximum Gasteiger partial charge on any atom is 0.326 e. The van der Waals surface area contributed by atoms with E-state index in [1.807, 2.05) is 13.8 Å². The molecule has 106 valence electrons. The number of carboxylic acids is 1. The van der Waals surface area contributed by atoms with Crippen molar-refractivity contribution in [3.63, 3.8) is 0 Å². The third-order valence-corrected chi connectivity index (χ3v) is 3.10. The summed E-state index contributed by atoms with van der Waals surface area (Å²) in [5.41, 5.74) is 1.19. The van der Waals surface area contributed by atoms with E-state index in [1.54, 1.807) is 20.8 Å². The van der Waals surface area contributed by atoms with Crippen LogP contribution in [0.2, 0.25) is 0 Å². The molecule has 19 heavy (non-hydrogen) atoms. The van der Waals surface area contributed by atoms with E-state index < -0.39 is 12.0 Å². The van der Waals surface area contributed by atoms with Crippen molar-refractivity contribution in [2.24, 2.45) is 5.92 Å². The quantitative estimate of drug-likeness (QED) is 0.858. The SMILES string of the molecule is Cc1oc(C)c(C(=O)N[C@@H](CC(C)C)C(=O)O)c1C. The van der Waals surface area contributed by atoms with Gasteiger partial charge < -0.3 is 14.8 Å². The molecule has 5 nitrogen and oxygen atoms in total. The lowest BCUT2D eigenvalue weighted by Crippen LogP contribution is -2.41. The molecule has 0 aliphatic rings. The van der Waals surface area contributed by atoms with Crippen LogP contribution >= 0.6 is 0 Å². The molecule has 0 spiro atoms. The number of rotatable bonds is 5. The van der Waals surface area contributed by atoms with Gasteiger partial charge in [-0.1, -0.05) is 13.8 Å². The lowest BCUT2D eigenvalue weighted by atomic mass is 10.0. The van der Waals surface area contributed by atoms with Crippen LogP contribution in [0.4, 0.5) is 0 Å². The van der Waals surface area contributed by atoms with Crippen molar-refractivity contribution in [3.05, 3.63) is 22.6 Å². The van der Waals surface area contributed by atoms with Crippen molar-refractivity contribution in [3.8, 4) is 0 Å². The Hall–Kier alpha value is -1.78. The molecular formula is C14H21NO4. The molecule has 1 aromatic rings. The molecule has 1 amide bonds. The Morgan fingerprint density at radius 2 is 1.79 bits per heavy atom. The summed E-state index contributed by atoms with van der Waals surface area (Å²) in [7, 11) is 0. The standard InChI is InChI=1S/C14H21NO4/c1-7(2)6-11(14(17)18)15-13(16)12-8(3)9(4)19-10(12)5/h7,11H,6H2,1-5H3,(H,15,16)(H,17,18)/t11-/m0/s1.